The Labute approximate surface area is 157 Å². The number of carbonyl (C=O) groups excluding carboxylic acids is 2. The molecule has 0 radical (unpaired) electrons. The maximum atomic E-state index is 11.5. The smallest absolute Gasteiger partial charge is 0.322 e. The first-order valence-electron chi connectivity index (χ1n) is 8.85. The van der Waals surface area contributed by atoms with Crippen molar-refractivity contribution in [2.75, 3.05) is 20.2 Å². The molecule has 0 aromatic heterocycles. The van der Waals surface area contributed by atoms with E-state index in [9.17, 15) is 14.7 Å². The van der Waals surface area contributed by atoms with Gasteiger partial charge in [-0.3, -0.25) is 15.0 Å². The highest BCUT2D eigenvalue weighted by Crippen LogP contribution is 2.36. The van der Waals surface area contributed by atoms with Gasteiger partial charge in [0, 0.05) is 18.1 Å². The number of urea groups is 1. The van der Waals surface area contributed by atoms with Gasteiger partial charge in [-0.15, -0.1) is 0 Å². The van der Waals surface area contributed by atoms with E-state index in [4.69, 9.17) is 16.3 Å². The molecule has 26 heavy (non-hydrogen) atoms. The SMILES string of the molecule is COc1ccc(Cl)cc1C1CCN(C(O)CC[C@H]2NC(=O)NC2=O)CC1. The number of piperidine rings is 1. The molecule has 3 N–H and O–H groups in total. The van der Waals surface area contributed by atoms with Crippen molar-refractivity contribution < 1.29 is 19.4 Å². The highest BCUT2D eigenvalue weighted by Gasteiger charge is 2.31. The fourth-order valence-corrected chi connectivity index (χ4v) is 3.87. The number of halogens is 1. The second-order valence-corrected chi connectivity index (χ2v) is 7.21. The molecule has 0 spiro atoms. The topological polar surface area (TPSA) is 90.9 Å². The molecule has 2 aliphatic heterocycles. The summed E-state index contributed by atoms with van der Waals surface area (Å²) < 4.78 is 5.45. The zero-order valence-electron chi connectivity index (χ0n) is 14.7. The molecule has 2 heterocycles. The van der Waals surface area contributed by atoms with Crippen LogP contribution in [0, 0.1) is 0 Å². The first-order chi connectivity index (χ1) is 12.5. The highest BCUT2D eigenvalue weighted by atomic mass is 35.5. The van der Waals surface area contributed by atoms with Crippen LogP contribution in [0.2, 0.25) is 5.02 Å². The quantitative estimate of drug-likeness (QED) is 0.654. The number of carbonyl (C=O) groups is 2. The van der Waals surface area contributed by atoms with E-state index in [2.05, 4.69) is 10.6 Å². The van der Waals surface area contributed by atoms with Crippen LogP contribution in [0.25, 0.3) is 0 Å². The van der Waals surface area contributed by atoms with Crippen LogP contribution >= 0.6 is 11.6 Å². The number of nitrogens with zero attached hydrogens (tertiary/aromatic N) is 1. The molecule has 3 rings (SSSR count). The number of amides is 3. The third-order valence-corrected chi connectivity index (χ3v) is 5.39. The summed E-state index contributed by atoms with van der Waals surface area (Å²) in [6, 6.07) is 4.65. The van der Waals surface area contributed by atoms with E-state index in [1.54, 1.807) is 7.11 Å². The van der Waals surface area contributed by atoms with E-state index in [0.29, 0.717) is 23.8 Å². The van der Waals surface area contributed by atoms with Gasteiger partial charge in [0.25, 0.3) is 5.91 Å². The number of hydrogen-bond acceptors (Lipinski definition) is 5. The summed E-state index contributed by atoms with van der Waals surface area (Å²) in [4.78, 5) is 24.7. The first kappa shape index (κ1) is 18.9. The second-order valence-electron chi connectivity index (χ2n) is 6.77. The van der Waals surface area contributed by atoms with Gasteiger partial charge in [-0.05, 0) is 55.4 Å². The fourth-order valence-electron chi connectivity index (χ4n) is 3.69. The lowest BCUT2D eigenvalue weighted by molar-refractivity contribution is -0.120. The van der Waals surface area contributed by atoms with Crippen LogP contribution in [0.3, 0.4) is 0 Å². The Bertz CT molecular complexity index is 676. The molecule has 0 saturated carbocycles. The standard InChI is InChI=1S/C18H24ClN3O4/c1-26-15-4-2-12(19)10-13(15)11-6-8-22(9-7-11)16(23)5-3-14-17(24)21-18(25)20-14/h2,4,10-11,14,16,23H,3,5-9H2,1H3,(H2,20,21,24,25)/t14-,16?/m1/s1. The third-order valence-electron chi connectivity index (χ3n) is 5.15. The molecule has 2 aliphatic rings. The van der Waals surface area contributed by atoms with Crippen molar-refractivity contribution in [3.63, 3.8) is 0 Å². The van der Waals surface area contributed by atoms with Gasteiger partial charge in [0.05, 0.1) is 7.11 Å². The molecule has 2 saturated heterocycles. The molecular formula is C18H24ClN3O4. The zero-order valence-corrected chi connectivity index (χ0v) is 15.5. The van der Waals surface area contributed by atoms with E-state index in [0.717, 1.165) is 37.2 Å². The summed E-state index contributed by atoms with van der Waals surface area (Å²) in [7, 11) is 1.66. The Balaban J connectivity index is 1.51. The van der Waals surface area contributed by atoms with Gasteiger partial charge in [-0.2, -0.15) is 0 Å². The minimum Gasteiger partial charge on any atom is -0.496 e. The number of aliphatic hydroxyl groups is 1. The van der Waals surface area contributed by atoms with E-state index < -0.39 is 18.3 Å². The van der Waals surface area contributed by atoms with Crippen molar-refractivity contribution in [2.24, 2.45) is 0 Å². The molecule has 7 nitrogen and oxygen atoms in total. The van der Waals surface area contributed by atoms with Crippen LogP contribution in [0.15, 0.2) is 18.2 Å². The number of rotatable bonds is 6. The van der Waals surface area contributed by atoms with E-state index >= 15 is 0 Å². The van der Waals surface area contributed by atoms with Crippen molar-refractivity contribution >= 4 is 23.5 Å². The van der Waals surface area contributed by atoms with E-state index in [-0.39, 0.29) is 5.91 Å². The average Bonchev–Trinajstić information content (AvgIpc) is 2.97. The minimum absolute atomic E-state index is 0.325. The van der Waals surface area contributed by atoms with E-state index in [1.165, 1.54) is 0 Å². The minimum atomic E-state index is -0.623. The Morgan fingerprint density at radius 1 is 1.35 bits per heavy atom. The monoisotopic (exact) mass is 381 g/mol. The first-order valence-corrected chi connectivity index (χ1v) is 9.22. The van der Waals surface area contributed by atoms with Crippen LogP contribution in [0.1, 0.15) is 37.2 Å². The lowest BCUT2D eigenvalue weighted by atomic mass is 9.88. The van der Waals surface area contributed by atoms with Crippen molar-refractivity contribution in [3.8, 4) is 5.75 Å². The lowest BCUT2D eigenvalue weighted by Gasteiger charge is -2.35. The Morgan fingerprint density at radius 3 is 2.69 bits per heavy atom. The second kappa shape index (κ2) is 8.24. The average molecular weight is 382 g/mol. The van der Waals surface area contributed by atoms with Gasteiger partial charge in [0.1, 0.15) is 18.0 Å². The van der Waals surface area contributed by atoms with Gasteiger partial charge in [0.15, 0.2) is 0 Å². The number of aliphatic hydroxyl groups excluding tert-OH is 1. The summed E-state index contributed by atoms with van der Waals surface area (Å²) in [5.74, 6) is 0.859. The maximum absolute atomic E-state index is 11.5. The third kappa shape index (κ3) is 4.28. The number of benzene rings is 1. The summed E-state index contributed by atoms with van der Waals surface area (Å²) in [6.45, 7) is 1.51. The predicted octanol–water partition coefficient (Wildman–Crippen LogP) is 1.83. The number of imide groups is 1. The molecule has 1 aromatic rings. The molecule has 1 aromatic carbocycles. The molecule has 142 valence electrons. The zero-order chi connectivity index (χ0) is 18.7. The van der Waals surface area contributed by atoms with Crippen molar-refractivity contribution in [2.45, 2.75) is 43.9 Å². The largest absolute Gasteiger partial charge is 0.496 e. The number of nitrogens with one attached hydrogen (secondary N) is 2. The summed E-state index contributed by atoms with van der Waals surface area (Å²) >= 11 is 6.13. The van der Waals surface area contributed by atoms with Crippen LogP contribution < -0.4 is 15.4 Å². The lowest BCUT2D eigenvalue weighted by Crippen LogP contribution is -2.42. The molecule has 0 bridgehead atoms. The Morgan fingerprint density at radius 2 is 2.08 bits per heavy atom. The number of methoxy groups -OCH3 is 1. The normalized spacial score (nSPS) is 22.8. The molecule has 2 atom stereocenters. The molecular weight excluding hydrogens is 358 g/mol. The summed E-state index contributed by atoms with van der Waals surface area (Å²) in [6.07, 6.45) is 2.02. The van der Waals surface area contributed by atoms with Gasteiger partial charge in [-0.1, -0.05) is 11.6 Å². The van der Waals surface area contributed by atoms with E-state index in [1.807, 2.05) is 23.1 Å². The number of ether oxygens (including phenoxy) is 1. The molecule has 0 aliphatic carbocycles. The van der Waals surface area contributed by atoms with Crippen molar-refractivity contribution in [3.05, 3.63) is 28.8 Å². The highest BCUT2D eigenvalue weighted by molar-refractivity contribution is 6.30. The Hall–Kier alpha value is -1.83. The van der Waals surface area contributed by atoms with Gasteiger partial charge in [-0.25, -0.2) is 4.79 Å². The molecule has 8 heteroatoms. The molecule has 2 fully saturated rings. The molecule has 3 amide bonds. The predicted molar refractivity (Wildman–Crippen MR) is 97.3 cm³/mol. The maximum Gasteiger partial charge on any atom is 0.322 e. The number of hydrogen-bond donors (Lipinski definition) is 3. The summed E-state index contributed by atoms with van der Waals surface area (Å²) in [5.41, 5.74) is 1.11. The van der Waals surface area contributed by atoms with Crippen molar-refractivity contribution in [1.29, 1.82) is 0 Å². The van der Waals surface area contributed by atoms with Crippen molar-refractivity contribution in [1.82, 2.24) is 15.5 Å². The van der Waals surface area contributed by atoms with Crippen LogP contribution in [-0.4, -0.2) is 54.4 Å². The van der Waals surface area contributed by atoms with Crippen LogP contribution in [0.4, 0.5) is 4.79 Å². The van der Waals surface area contributed by atoms with Gasteiger partial charge in [0.2, 0.25) is 0 Å². The number of likely N-dealkylation sites (tertiary alicyclic amines) is 1. The molecule has 1 unspecified atom stereocenters. The fraction of sp³-hybridized carbons (Fsp3) is 0.556. The Kier molecular flexibility index (Phi) is 6.01. The van der Waals surface area contributed by atoms with Crippen LogP contribution in [0.5, 0.6) is 5.75 Å². The van der Waals surface area contributed by atoms with Crippen LogP contribution in [-0.2, 0) is 4.79 Å². The van der Waals surface area contributed by atoms with Gasteiger partial charge >= 0.3 is 6.03 Å². The van der Waals surface area contributed by atoms with Gasteiger partial charge < -0.3 is 15.2 Å². The summed E-state index contributed by atoms with van der Waals surface area (Å²) in [5, 5.41) is 15.9.